The van der Waals surface area contributed by atoms with Crippen LogP contribution in [-0.2, 0) is 0 Å². The maximum atomic E-state index is 13.7. The predicted octanol–water partition coefficient (Wildman–Crippen LogP) is 4.66. The van der Waals surface area contributed by atoms with E-state index in [2.05, 4.69) is 16.0 Å². The number of halogens is 1. The van der Waals surface area contributed by atoms with Gasteiger partial charge in [-0.3, -0.25) is 4.79 Å². The first kappa shape index (κ1) is 30.1. The lowest BCUT2D eigenvalue weighted by Gasteiger charge is -2.38. The van der Waals surface area contributed by atoms with Crippen LogP contribution in [0.4, 0.5) is 25.4 Å². The average molecular weight is 570 g/mol. The fraction of sp³-hybridized carbons (Fsp3) is 0.500. The van der Waals surface area contributed by atoms with Crippen LogP contribution in [-0.4, -0.2) is 77.8 Å². The van der Waals surface area contributed by atoms with Gasteiger partial charge in [-0.15, -0.1) is 0 Å². The van der Waals surface area contributed by atoms with Gasteiger partial charge in [0, 0.05) is 36.9 Å². The van der Waals surface area contributed by atoms with E-state index in [0.29, 0.717) is 17.1 Å². The van der Waals surface area contributed by atoms with Crippen LogP contribution in [0.1, 0.15) is 56.3 Å². The van der Waals surface area contributed by atoms with Gasteiger partial charge in [0.2, 0.25) is 0 Å². The molecule has 0 saturated heterocycles. The number of fused-ring (bicyclic) bond motifs is 1. The topological polar surface area (TPSA) is 123 Å². The molecule has 3 atom stereocenters. The van der Waals surface area contributed by atoms with E-state index >= 15 is 0 Å². The van der Waals surface area contributed by atoms with Gasteiger partial charge in [0.25, 0.3) is 5.91 Å². The smallest absolute Gasteiger partial charge is 0.321 e. The SMILES string of the molecule is C[C@H](CO)N1C[C@H](C)[C@H](CN(C)C(=O)Nc2ccc(F)cc2)Oc2ccc(NC(=O)NC3CCCCC3)cc2C1=O. The molecule has 0 aromatic heterocycles. The molecule has 1 saturated carbocycles. The van der Waals surface area contributed by atoms with Crippen molar-refractivity contribution in [1.29, 1.82) is 0 Å². The van der Waals surface area contributed by atoms with E-state index in [-0.39, 0.29) is 49.2 Å². The molecule has 222 valence electrons. The lowest BCUT2D eigenvalue weighted by atomic mass is 9.96. The second-order valence-corrected chi connectivity index (χ2v) is 11.1. The molecule has 0 unspecified atom stereocenters. The Kier molecular flexibility index (Phi) is 10.0. The summed E-state index contributed by atoms with van der Waals surface area (Å²) in [6, 6.07) is 9.38. The predicted molar refractivity (Wildman–Crippen MR) is 155 cm³/mol. The number of carbonyl (C=O) groups excluding carboxylic acids is 3. The summed E-state index contributed by atoms with van der Waals surface area (Å²) in [5.41, 5.74) is 1.17. The third kappa shape index (κ3) is 7.87. The van der Waals surface area contributed by atoms with Gasteiger partial charge in [0.15, 0.2) is 0 Å². The fourth-order valence-electron chi connectivity index (χ4n) is 5.22. The first-order chi connectivity index (χ1) is 19.6. The lowest BCUT2D eigenvalue weighted by molar-refractivity contribution is 0.0371. The summed E-state index contributed by atoms with van der Waals surface area (Å²) in [5.74, 6) is -0.578. The quantitative estimate of drug-likeness (QED) is 0.386. The molecular formula is C30H40FN5O5. The molecule has 0 spiro atoms. The summed E-state index contributed by atoms with van der Waals surface area (Å²) in [7, 11) is 1.63. The van der Waals surface area contributed by atoms with Crippen LogP contribution < -0.4 is 20.7 Å². The van der Waals surface area contributed by atoms with E-state index in [1.807, 2.05) is 6.92 Å². The number of aliphatic hydroxyl groups excluding tert-OH is 1. The maximum Gasteiger partial charge on any atom is 0.321 e. The first-order valence-corrected chi connectivity index (χ1v) is 14.2. The minimum atomic E-state index is -0.493. The van der Waals surface area contributed by atoms with E-state index in [0.717, 1.165) is 25.7 Å². The van der Waals surface area contributed by atoms with Crippen molar-refractivity contribution in [3.63, 3.8) is 0 Å². The van der Waals surface area contributed by atoms with Gasteiger partial charge >= 0.3 is 12.1 Å². The van der Waals surface area contributed by atoms with Crippen LogP contribution in [0.2, 0.25) is 0 Å². The second-order valence-electron chi connectivity index (χ2n) is 11.1. The second kappa shape index (κ2) is 13.7. The molecule has 11 heteroatoms. The Hall–Kier alpha value is -3.86. The molecule has 2 aromatic rings. The number of ether oxygens (including phenoxy) is 1. The molecule has 0 radical (unpaired) electrons. The molecule has 4 rings (SSSR count). The van der Waals surface area contributed by atoms with E-state index in [1.165, 1.54) is 35.6 Å². The van der Waals surface area contributed by atoms with Crippen LogP contribution in [0.5, 0.6) is 5.75 Å². The molecule has 5 amide bonds. The Morgan fingerprint density at radius 1 is 1.10 bits per heavy atom. The zero-order valence-electron chi connectivity index (χ0n) is 23.9. The summed E-state index contributed by atoms with van der Waals surface area (Å²) in [6.45, 7) is 3.97. The summed E-state index contributed by atoms with van der Waals surface area (Å²) < 4.78 is 19.6. The van der Waals surface area contributed by atoms with Crippen molar-refractivity contribution in [1.82, 2.24) is 15.1 Å². The Morgan fingerprint density at radius 2 is 1.78 bits per heavy atom. The third-order valence-corrected chi connectivity index (χ3v) is 7.76. The molecule has 1 aliphatic heterocycles. The van der Waals surface area contributed by atoms with E-state index in [4.69, 9.17) is 4.74 Å². The van der Waals surface area contributed by atoms with Gasteiger partial charge in [-0.2, -0.15) is 0 Å². The largest absolute Gasteiger partial charge is 0.487 e. The molecule has 41 heavy (non-hydrogen) atoms. The number of urea groups is 2. The van der Waals surface area contributed by atoms with Crippen LogP contribution in [0, 0.1) is 11.7 Å². The fourth-order valence-corrected chi connectivity index (χ4v) is 5.22. The molecule has 4 N–H and O–H groups in total. The van der Waals surface area contributed by atoms with Crippen LogP contribution in [0.15, 0.2) is 42.5 Å². The minimum absolute atomic E-state index is 0.137. The van der Waals surface area contributed by atoms with Crippen molar-refractivity contribution in [3.05, 3.63) is 53.8 Å². The number of nitrogens with one attached hydrogen (secondary N) is 3. The number of amides is 5. The van der Waals surface area contributed by atoms with Gasteiger partial charge < -0.3 is 35.6 Å². The maximum absolute atomic E-state index is 13.7. The Morgan fingerprint density at radius 3 is 2.46 bits per heavy atom. The van der Waals surface area contributed by atoms with Gasteiger partial charge in [-0.05, 0) is 62.2 Å². The van der Waals surface area contributed by atoms with Crippen LogP contribution >= 0.6 is 0 Å². The molecular weight excluding hydrogens is 529 g/mol. The summed E-state index contributed by atoms with van der Waals surface area (Å²) >= 11 is 0. The van der Waals surface area contributed by atoms with Gasteiger partial charge in [0.1, 0.15) is 17.7 Å². The Labute approximate surface area is 240 Å². The highest BCUT2D eigenvalue weighted by Crippen LogP contribution is 2.31. The molecule has 2 aromatic carbocycles. The number of hydrogen-bond acceptors (Lipinski definition) is 5. The highest BCUT2D eigenvalue weighted by atomic mass is 19.1. The van der Waals surface area contributed by atoms with Crippen molar-refractivity contribution in [2.45, 2.75) is 64.1 Å². The molecule has 2 aliphatic rings. The summed E-state index contributed by atoms with van der Waals surface area (Å²) in [4.78, 5) is 42.2. The van der Waals surface area contributed by atoms with Crippen LogP contribution in [0.3, 0.4) is 0 Å². The van der Waals surface area contributed by atoms with Crippen molar-refractivity contribution < 1.29 is 28.6 Å². The number of aliphatic hydroxyl groups is 1. The van der Waals surface area contributed by atoms with Crippen molar-refractivity contribution >= 4 is 29.3 Å². The highest BCUT2D eigenvalue weighted by Gasteiger charge is 2.34. The summed E-state index contributed by atoms with van der Waals surface area (Å²) in [5, 5.41) is 18.5. The summed E-state index contributed by atoms with van der Waals surface area (Å²) in [6.07, 6.45) is 4.78. The first-order valence-electron chi connectivity index (χ1n) is 14.2. The molecule has 10 nitrogen and oxygen atoms in total. The number of nitrogens with zero attached hydrogens (tertiary/aromatic N) is 2. The van der Waals surface area contributed by atoms with Gasteiger partial charge in [-0.25, -0.2) is 14.0 Å². The zero-order chi connectivity index (χ0) is 29.5. The van der Waals surface area contributed by atoms with Crippen LogP contribution in [0.25, 0.3) is 0 Å². The Balaban J connectivity index is 1.52. The number of likely N-dealkylation sites (N-methyl/N-ethyl adjacent to an activating group) is 1. The lowest BCUT2D eigenvalue weighted by Crippen LogP contribution is -2.50. The molecule has 1 fully saturated rings. The number of hydrogen-bond donors (Lipinski definition) is 4. The van der Waals surface area contributed by atoms with Crippen molar-refractivity contribution in [3.8, 4) is 5.75 Å². The highest BCUT2D eigenvalue weighted by molar-refractivity contribution is 5.99. The Bertz CT molecular complexity index is 1220. The molecule has 1 aliphatic carbocycles. The normalized spacial score (nSPS) is 20.1. The average Bonchev–Trinajstić information content (AvgIpc) is 2.96. The zero-order valence-corrected chi connectivity index (χ0v) is 23.9. The minimum Gasteiger partial charge on any atom is -0.487 e. The molecule has 1 heterocycles. The number of rotatable bonds is 7. The number of carbonyl (C=O) groups is 3. The monoisotopic (exact) mass is 569 g/mol. The number of benzene rings is 2. The van der Waals surface area contributed by atoms with Gasteiger partial charge in [0.05, 0.1) is 24.8 Å². The van der Waals surface area contributed by atoms with Gasteiger partial charge in [-0.1, -0.05) is 26.2 Å². The number of anilines is 2. The van der Waals surface area contributed by atoms with E-state index in [1.54, 1.807) is 37.1 Å². The van der Waals surface area contributed by atoms with Crippen molar-refractivity contribution in [2.24, 2.45) is 5.92 Å². The van der Waals surface area contributed by atoms with E-state index < -0.39 is 24.0 Å². The van der Waals surface area contributed by atoms with Crippen molar-refractivity contribution in [2.75, 3.05) is 37.4 Å². The third-order valence-electron chi connectivity index (χ3n) is 7.76. The van der Waals surface area contributed by atoms with E-state index in [9.17, 15) is 23.9 Å². The molecule has 0 bridgehead atoms. The standard InChI is InChI=1S/C30H40FN5O5/c1-19-16-36(20(2)18-37)28(38)25-15-24(33-29(39)32-22-7-5-4-6-8-22)13-14-26(25)41-27(19)17-35(3)30(40)34-23-11-9-21(31)10-12-23/h9-15,19-20,22,27,37H,4-8,16-18H2,1-3H3,(H,34,40)(H2,32,33,39)/t19-,20+,27-/m0/s1.